The molecule has 0 aliphatic carbocycles. The molecule has 0 unspecified atom stereocenters. The molecule has 1 aromatic rings. The predicted octanol–water partition coefficient (Wildman–Crippen LogP) is 0.829. The van der Waals surface area contributed by atoms with Crippen molar-refractivity contribution in [2.45, 2.75) is 11.8 Å². The fourth-order valence-electron chi connectivity index (χ4n) is 0.973. The van der Waals surface area contributed by atoms with Gasteiger partial charge in [0.25, 0.3) is 0 Å². The van der Waals surface area contributed by atoms with Gasteiger partial charge < -0.3 is 5.32 Å². The van der Waals surface area contributed by atoms with Crippen molar-refractivity contribution in [3.8, 4) is 0 Å². The molecule has 0 atom stereocenters. The summed E-state index contributed by atoms with van der Waals surface area (Å²) < 4.78 is 0. The van der Waals surface area contributed by atoms with Crippen LogP contribution in [-0.2, 0) is 4.79 Å². The largest absolute Gasteiger partial charge is 0.308 e. The number of thioether (sulfide) groups is 1. The van der Waals surface area contributed by atoms with E-state index in [2.05, 4.69) is 15.5 Å². The molecule has 1 amide bonds. The van der Waals surface area contributed by atoms with E-state index in [9.17, 15) is 4.79 Å². The number of aromatic nitrogens is 2. The fraction of sp³-hybridized carbons (Fsp3) is 0.286. The Morgan fingerprint density at radius 2 is 2.42 bits per heavy atom. The molecule has 1 N–H and O–H groups in total. The van der Waals surface area contributed by atoms with Gasteiger partial charge >= 0.3 is 0 Å². The van der Waals surface area contributed by atoms with Crippen LogP contribution in [0.3, 0.4) is 0 Å². The molecule has 62 valence electrons. The number of carbonyl (C=O) groups excluding carboxylic acids is 1. The van der Waals surface area contributed by atoms with Crippen LogP contribution >= 0.6 is 11.8 Å². The number of fused-ring (bicyclic) bond motifs is 1. The number of rotatable bonds is 0. The van der Waals surface area contributed by atoms with Crippen LogP contribution < -0.4 is 5.32 Å². The van der Waals surface area contributed by atoms with Gasteiger partial charge in [-0.3, -0.25) is 4.79 Å². The summed E-state index contributed by atoms with van der Waals surface area (Å²) in [6.45, 7) is 1.88. The highest BCUT2D eigenvalue weighted by atomic mass is 32.2. The second kappa shape index (κ2) is 2.75. The van der Waals surface area contributed by atoms with Crippen molar-refractivity contribution >= 4 is 23.5 Å². The molecule has 0 radical (unpaired) electrons. The van der Waals surface area contributed by atoms with E-state index < -0.39 is 0 Å². The first-order chi connectivity index (χ1) is 5.75. The molecule has 0 saturated heterocycles. The molecule has 2 heterocycles. The summed E-state index contributed by atoms with van der Waals surface area (Å²) in [5.74, 6) is 1.05. The Hall–Kier alpha value is -1.10. The lowest BCUT2D eigenvalue weighted by molar-refractivity contribution is -0.113. The van der Waals surface area contributed by atoms with Crippen LogP contribution in [0.2, 0.25) is 0 Å². The minimum Gasteiger partial charge on any atom is -0.308 e. The van der Waals surface area contributed by atoms with Crippen molar-refractivity contribution in [2.24, 2.45) is 0 Å². The van der Waals surface area contributed by atoms with Crippen LogP contribution in [-0.4, -0.2) is 21.9 Å². The van der Waals surface area contributed by atoms with Crippen LogP contribution in [0.4, 0.5) is 5.82 Å². The van der Waals surface area contributed by atoms with E-state index in [0.717, 1.165) is 10.6 Å². The topological polar surface area (TPSA) is 54.9 Å². The Morgan fingerprint density at radius 1 is 1.58 bits per heavy atom. The average molecular weight is 181 g/mol. The lowest BCUT2D eigenvalue weighted by Crippen LogP contribution is -2.20. The highest BCUT2D eigenvalue weighted by Gasteiger charge is 2.16. The van der Waals surface area contributed by atoms with Crippen LogP contribution in [0.25, 0.3) is 0 Å². The first-order valence-electron chi connectivity index (χ1n) is 3.53. The smallest absolute Gasteiger partial charge is 0.235 e. The Bertz CT molecular complexity index is 339. The minimum absolute atomic E-state index is 0.00865. The van der Waals surface area contributed by atoms with Gasteiger partial charge in [-0.2, -0.15) is 5.10 Å². The van der Waals surface area contributed by atoms with Crippen molar-refractivity contribution in [1.82, 2.24) is 10.2 Å². The van der Waals surface area contributed by atoms with Gasteiger partial charge in [0.1, 0.15) is 0 Å². The third kappa shape index (κ3) is 1.27. The normalized spacial score (nSPS) is 15.2. The molecule has 2 rings (SSSR count). The summed E-state index contributed by atoms with van der Waals surface area (Å²) >= 11 is 1.50. The molecule has 1 aromatic heterocycles. The number of nitrogens with one attached hydrogen (secondary N) is 1. The van der Waals surface area contributed by atoms with E-state index in [1.54, 1.807) is 0 Å². The van der Waals surface area contributed by atoms with Gasteiger partial charge in [-0.15, -0.1) is 16.9 Å². The number of nitrogens with zero attached hydrogens (tertiary/aromatic N) is 2. The summed E-state index contributed by atoms with van der Waals surface area (Å²) in [6, 6.07) is 1.92. The summed E-state index contributed by atoms with van der Waals surface area (Å²) in [5, 5.41) is 10.4. The molecule has 0 aromatic carbocycles. The van der Waals surface area contributed by atoms with E-state index in [1.165, 1.54) is 11.8 Å². The number of carbonyl (C=O) groups is 1. The molecule has 1 aliphatic rings. The maximum absolute atomic E-state index is 10.9. The highest BCUT2D eigenvalue weighted by Crippen LogP contribution is 2.28. The number of amides is 1. The molecule has 5 heteroatoms. The summed E-state index contributed by atoms with van der Waals surface area (Å²) in [4.78, 5) is 11.9. The van der Waals surface area contributed by atoms with E-state index >= 15 is 0 Å². The van der Waals surface area contributed by atoms with E-state index in [0.29, 0.717) is 11.6 Å². The van der Waals surface area contributed by atoms with E-state index in [-0.39, 0.29) is 5.91 Å². The molecule has 0 spiro atoms. The third-order valence-corrected chi connectivity index (χ3v) is 2.53. The maximum atomic E-state index is 10.9. The quantitative estimate of drug-likeness (QED) is 0.644. The van der Waals surface area contributed by atoms with Gasteiger partial charge in [-0.1, -0.05) is 0 Å². The first kappa shape index (κ1) is 7.54. The average Bonchev–Trinajstić information content (AvgIpc) is 2.05. The van der Waals surface area contributed by atoms with Crippen molar-refractivity contribution in [3.05, 3.63) is 11.8 Å². The highest BCUT2D eigenvalue weighted by molar-refractivity contribution is 8.00. The number of aryl methyl sites for hydroxylation is 1. The number of hydrogen-bond acceptors (Lipinski definition) is 4. The molecule has 0 bridgehead atoms. The van der Waals surface area contributed by atoms with Crippen LogP contribution in [0.15, 0.2) is 11.0 Å². The molecule has 4 nitrogen and oxygen atoms in total. The predicted molar refractivity (Wildman–Crippen MR) is 46.1 cm³/mol. The second-order valence-electron chi connectivity index (χ2n) is 2.54. The van der Waals surface area contributed by atoms with E-state index in [1.807, 2.05) is 13.0 Å². The lowest BCUT2D eigenvalue weighted by atomic mass is 10.4. The first-order valence-corrected chi connectivity index (χ1v) is 4.51. The molecular formula is C7H7N3OS. The Kier molecular flexibility index (Phi) is 1.73. The Balaban J connectivity index is 2.43. The van der Waals surface area contributed by atoms with Crippen molar-refractivity contribution in [2.75, 3.05) is 11.1 Å². The van der Waals surface area contributed by atoms with Crippen molar-refractivity contribution in [1.29, 1.82) is 0 Å². The van der Waals surface area contributed by atoms with Gasteiger partial charge in [0.15, 0.2) is 5.82 Å². The molecule has 0 saturated carbocycles. The van der Waals surface area contributed by atoms with Crippen LogP contribution in [0.1, 0.15) is 5.69 Å². The molecule has 0 fully saturated rings. The fourth-order valence-corrected chi connectivity index (χ4v) is 1.81. The van der Waals surface area contributed by atoms with Gasteiger partial charge in [0.2, 0.25) is 5.91 Å². The Morgan fingerprint density at radius 3 is 3.25 bits per heavy atom. The summed E-state index contributed by atoms with van der Waals surface area (Å²) in [7, 11) is 0. The third-order valence-electron chi connectivity index (χ3n) is 1.50. The van der Waals surface area contributed by atoms with Crippen LogP contribution in [0, 0.1) is 6.92 Å². The van der Waals surface area contributed by atoms with Gasteiger partial charge in [-0.05, 0) is 13.0 Å². The molecular weight excluding hydrogens is 174 g/mol. The molecule has 12 heavy (non-hydrogen) atoms. The zero-order chi connectivity index (χ0) is 8.55. The lowest BCUT2D eigenvalue weighted by Gasteiger charge is -2.13. The second-order valence-corrected chi connectivity index (χ2v) is 3.55. The Labute approximate surface area is 73.8 Å². The molecule has 1 aliphatic heterocycles. The van der Waals surface area contributed by atoms with Crippen LogP contribution in [0.5, 0.6) is 0 Å². The van der Waals surface area contributed by atoms with Gasteiger partial charge in [-0.25, -0.2) is 0 Å². The summed E-state index contributed by atoms with van der Waals surface area (Å²) in [6.07, 6.45) is 0. The number of hydrogen-bond donors (Lipinski definition) is 1. The zero-order valence-corrected chi connectivity index (χ0v) is 7.31. The van der Waals surface area contributed by atoms with Crippen molar-refractivity contribution < 1.29 is 4.79 Å². The SMILES string of the molecule is Cc1cc2c(nn1)NC(=O)CS2. The van der Waals surface area contributed by atoms with Gasteiger partial charge in [0.05, 0.1) is 16.3 Å². The van der Waals surface area contributed by atoms with E-state index in [4.69, 9.17) is 0 Å². The maximum Gasteiger partial charge on any atom is 0.235 e. The zero-order valence-electron chi connectivity index (χ0n) is 6.50. The minimum atomic E-state index is -0.00865. The van der Waals surface area contributed by atoms with Crippen molar-refractivity contribution in [3.63, 3.8) is 0 Å². The number of anilines is 1. The van der Waals surface area contributed by atoms with Gasteiger partial charge in [0, 0.05) is 0 Å². The summed E-state index contributed by atoms with van der Waals surface area (Å²) in [5.41, 5.74) is 0.873. The monoisotopic (exact) mass is 181 g/mol. The standard InChI is InChI=1S/C7H7N3OS/c1-4-2-5-7(10-9-4)8-6(11)3-12-5/h2H,3H2,1H3,(H,8,10,11).